The number of rotatable bonds is 4. The number of carbonyl (C=O) groups excluding carboxylic acids is 1. The molecule has 1 heterocycles. The second kappa shape index (κ2) is 9.43. The fourth-order valence-electron chi connectivity index (χ4n) is 1.76. The van der Waals surface area contributed by atoms with Crippen molar-refractivity contribution in [2.45, 2.75) is 27.3 Å². The Morgan fingerprint density at radius 3 is 2.36 bits per heavy atom. The number of halogens is 1. The summed E-state index contributed by atoms with van der Waals surface area (Å²) in [7, 11) is 0. The third-order valence-electron chi connectivity index (χ3n) is 2.89. The maximum Gasteiger partial charge on any atom is 0.302 e. The fourth-order valence-corrected chi connectivity index (χ4v) is 1.95. The van der Waals surface area contributed by atoms with Gasteiger partial charge in [0.25, 0.3) is 0 Å². The number of hydrogen-bond donors (Lipinski definition) is 4. The molecule has 7 N–H and O–H groups in total. The van der Waals surface area contributed by atoms with E-state index < -0.39 is 11.9 Å². The second-order valence-electron chi connectivity index (χ2n) is 4.78. The monoisotopic (exact) mass is 363 g/mol. The van der Waals surface area contributed by atoms with Gasteiger partial charge in [-0.25, -0.2) is 9.97 Å². The first kappa shape index (κ1) is 20.2. The number of nitrogens with two attached hydrogens (primary N) is 3. The predicted octanol–water partition coefficient (Wildman–Crippen LogP) is 2.07. The van der Waals surface area contributed by atoms with Gasteiger partial charge in [0.2, 0.25) is 0 Å². The van der Waals surface area contributed by atoms with Crippen LogP contribution in [0.15, 0.2) is 29.3 Å². The van der Waals surface area contributed by atoms with Crippen LogP contribution in [0, 0.1) is 6.92 Å². The van der Waals surface area contributed by atoms with Gasteiger partial charge in [0, 0.05) is 6.54 Å². The van der Waals surface area contributed by atoms with E-state index in [1.165, 1.54) is 5.56 Å². The minimum absolute atomic E-state index is 0.000421. The van der Waals surface area contributed by atoms with Gasteiger partial charge < -0.3 is 22.5 Å². The van der Waals surface area contributed by atoms with Crippen molar-refractivity contribution >= 4 is 35.1 Å². The quantitative estimate of drug-likeness (QED) is 0.480. The number of nitrogens with one attached hydrogen (secondary N) is 1. The lowest BCUT2D eigenvalue weighted by atomic mass is 10.1. The van der Waals surface area contributed by atoms with Gasteiger partial charge in [0.1, 0.15) is 0 Å². The van der Waals surface area contributed by atoms with Crippen LogP contribution in [0.2, 0.25) is 5.15 Å². The largest absolute Gasteiger partial charge is 0.382 e. The zero-order chi connectivity index (χ0) is 19.0. The number of guanidine groups is 1. The van der Waals surface area contributed by atoms with Gasteiger partial charge in [-0.3, -0.25) is 4.79 Å². The zero-order valence-electron chi connectivity index (χ0n) is 14.4. The second-order valence-corrected chi connectivity index (χ2v) is 5.14. The van der Waals surface area contributed by atoms with Gasteiger partial charge in [-0.15, -0.1) is 0 Å². The van der Waals surface area contributed by atoms with Crippen LogP contribution in [0.1, 0.15) is 35.5 Å². The van der Waals surface area contributed by atoms with E-state index in [2.05, 4.69) is 20.3 Å². The van der Waals surface area contributed by atoms with Crippen LogP contribution in [0.5, 0.6) is 0 Å². The van der Waals surface area contributed by atoms with Crippen molar-refractivity contribution in [1.82, 2.24) is 9.97 Å². The fraction of sp³-hybridized carbons (Fsp3) is 0.250. The Labute approximate surface area is 151 Å². The van der Waals surface area contributed by atoms with E-state index in [-0.39, 0.29) is 22.5 Å². The number of benzene rings is 1. The van der Waals surface area contributed by atoms with E-state index in [0.717, 1.165) is 5.56 Å². The number of aliphatic imine (C=N–C) groups is 1. The number of nitrogens with zero attached hydrogens (tertiary/aromatic N) is 3. The normalized spacial score (nSPS) is 9.60. The highest BCUT2D eigenvalue weighted by Gasteiger charge is 2.16. The molecule has 0 aliphatic carbocycles. The molecule has 0 spiro atoms. The average Bonchev–Trinajstić information content (AvgIpc) is 2.58. The van der Waals surface area contributed by atoms with E-state index in [4.69, 9.17) is 28.8 Å². The lowest BCUT2D eigenvalue weighted by Gasteiger charge is -2.09. The molecule has 8 nitrogen and oxygen atoms in total. The third-order valence-corrected chi connectivity index (χ3v) is 3.16. The molecule has 9 heteroatoms. The van der Waals surface area contributed by atoms with Crippen LogP contribution < -0.4 is 22.5 Å². The molecule has 0 atom stereocenters. The van der Waals surface area contributed by atoms with Crippen molar-refractivity contribution in [2.75, 3.05) is 11.1 Å². The van der Waals surface area contributed by atoms with Crippen LogP contribution in [-0.4, -0.2) is 21.8 Å². The lowest BCUT2D eigenvalue weighted by molar-refractivity contribution is 0.0998. The van der Waals surface area contributed by atoms with Crippen LogP contribution in [-0.2, 0) is 6.54 Å². The summed E-state index contributed by atoms with van der Waals surface area (Å²) < 4.78 is 0. The minimum atomic E-state index is -0.804. The predicted molar refractivity (Wildman–Crippen MR) is 101 cm³/mol. The Morgan fingerprint density at radius 2 is 1.80 bits per heavy atom. The van der Waals surface area contributed by atoms with Crippen molar-refractivity contribution in [1.29, 1.82) is 0 Å². The van der Waals surface area contributed by atoms with E-state index in [1.807, 2.05) is 45.0 Å². The average molecular weight is 364 g/mol. The first-order valence-corrected chi connectivity index (χ1v) is 8.01. The number of amides is 1. The molecule has 1 aromatic heterocycles. The molecule has 2 aromatic rings. The summed E-state index contributed by atoms with van der Waals surface area (Å²) in [5.74, 6) is -1.04. The summed E-state index contributed by atoms with van der Waals surface area (Å²) >= 11 is 6.02. The van der Waals surface area contributed by atoms with Gasteiger partial charge in [-0.1, -0.05) is 55.3 Å². The highest BCUT2D eigenvalue weighted by molar-refractivity contribution is 6.32. The Morgan fingerprint density at radius 1 is 1.20 bits per heavy atom. The Balaban J connectivity index is 0.00000151. The van der Waals surface area contributed by atoms with Crippen molar-refractivity contribution in [3.05, 3.63) is 46.2 Å². The van der Waals surface area contributed by atoms with Crippen LogP contribution in [0.25, 0.3) is 0 Å². The summed E-state index contributed by atoms with van der Waals surface area (Å²) in [5, 5.41) is 3.01. The number of aryl methyl sites for hydroxylation is 1. The molecule has 0 radical (unpaired) electrons. The molecule has 134 valence electrons. The minimum Gasteiger partial charge on any atom is -0.382 e. The van der Waals surface area contributed by atoms with Crippen molar-refractivity contribution < 1.29 is 4.79 Å². The maximum absolute atomic E-state index is 11.7. The summed E-state index contributed by atoms with van der Waals surface area (Å²) in [4.78, 5) is 23.0. The maximum atomic E-state index is 11.7. The third kappa shape index (κ3) is 5.92. The van der Waals surface area contributed by atoms with Gasteiger partial charge in [0.15, 0.2) is 28.4 Å². The summed E-state index contributed by atoms with van der Waals surface area (Å²) in [5.41, 5.74) is 18.0. The molecular formula is C16H22ClN7O. The summed E-state index contributed by atoms with van der Waals surface area (Å²) in [6, 6.07) is 7.94. The van der Waals surface area contributed by atoms with Gasteiger partial charge in [-0.2, -0.15) is 4.99 Å². The first-order chi connectivity index (χ1) is 11.9. The Hall–Kier alpha value is -2.87. The van der Waals surface area contributed by atoms with E-state index in [1.54, 1.807) is 0 Å². The highest BCUT2D eigenvalue weighted by Crippen LogP contribution is 2.21. The van der Waals surface area contributed by atoms with E-state index >= 15 is 0 Å². The molecular weight excluding hydrogens is 342 g/mol. The summed E-state index contributed by atoms with van der Waals surface area (Å²) in [6.45, 7) is 6.49. The molecule has 0 unspecified atom stereocenters. The van der Waals surface area contributed by atoms with E-state index in [9.17, 15) is 4.79 Å². The smallest absolute Gasteiger partial charge is 0.302 e. The number of aromatic nitrogens is 2. The number of anilines is 2. The molecule has 0 aliphatic heterocycles. The van der Waals surface area contributed by atoms with Crippen molar-refractivity contribution in [2.24, 2.45) is 16.5 Å². The molecule has 2 rings (SSSR count). The molecule has 25 heavy (non-hydrogen) atoms. The molecule has 0 bridgehead atoms. The van der Waals surface area contributed by atoms with Gasteiger partial charge >= 0.3 is 5.91 Å². The van der Waals surface area contributed by atoms with Gasteiger partial charge in [-0.05, 0) is 12.5 Å². The highest BCUT2D eigenvalue weighted by atomic mass is 35.5. The first-order valence-electron chi connectivity index (χ1n) is 7.63. The molecule has 0 aliphatic rings. The number of carbonyl (C=O) groups is 1. The summed E-state index contributed by atoms with van der Waals surface area (Å²) in [6.07, 6.45) is 0. The zero-order valence-corrected chi connectivity index (χ0v) is 15.1. The lowest BCUT2D eigenvalue weighted by Crippen LogP contribution is -2.24. The molecule has 0 saturated heterocycles. The van der Waals surface area contributed by atoms with Crippen LogP contribution >= 0.6 is 11.6 Å². The van der Waals surface area contributed by atoms with Crippen LogP contribution in [0.4, 0.5) is 11.6 Å². The Bertz CT molecular complexity index is 756. The van der Waals surface area contributed by atoms with Gasteiger partial charge in [0.05, 0.1) is 0 Å². The van der Waals surface area contributed by atoms with Crippen molar-refractivity contribution in [3.8, 4) is 0 Å². The standard InChI is InChI=1S/C14H16ClN7O.C2H6/c1-7-2-4-8(5-3-7)6-19-12-10(15)20-9(11(16)21-12)13(23)22-14(17)18;1-2/h2-5H,6H2,1H3,(H3,16,19,21)(H4,17,18,22,23);1-2H3. The number of nitrogen functional groups attached to an aromatic ring is 1. The molecule has 1 amide bonds. The molecule has 0 fully saturated rings. The number of hydrogen-bond acceptors (Lipinski definition) is 5. The SMILES string of the molecule is CC.Cc1ccc(CNc2nc(N)c(C(=O)N=C(N)N)nc2Cl)cc1. The van der Waals surface area contributed by atoms with Crippen LogP contribution in [0.3, 0.4) is 0 Å². The van der Waals surface area contributed by atoms with E-state index in [0.29, 0.717) is 6.54 Å². The van der Waals surface area contributed by atoms with Crippen molar-refractivity contribution in [3.63, 3.8) is 0 Å². The topological polar surface area (TPSA) is 145 Å². The molecule has 0 saturated carbocycles. The molecule has 1 aromatic carbocycles. The Kier molecular flexibility index (Phi) is 7.61.